The van der Waals surface area contributed by atoms with Gasteiger partial charge in [-0.2, -0.15) is 0 Å². The van der Waals surface area contributed by atoms with Gasteiger partial charge in [-0.1, -0.05) is 0 Å². The van der Waals surface area contributed by atoms with Gasteiger partial charge < -0.3 is 15.4 Å². The van der Waals surface area contributed by atoms with Crippen molar-refractivity contribution in [1.82, 2.24) is 0 Å². The first-order valence-electron chi connectivity index (χ1n) is 4.79. The molecule has 1 aromatic carbocycles. The van der Waals surface area contributed by atoms with E-state index in [-0.39, 0.29) is 5.91 Å². The molecule has 1 amide bonds. The summed E-state index contributed by atoms with van der Waals surface area (Å²) in [6, 6.07) is 7.32. The zero-order valence-corrected chi connectivity index (χ0v) is 9.06. The normalized spacial score (nSPS) is 9.80. The molecule has 0 heterocycles. The Morgan fingerprint density at radius 3 is 2.47 bits per heavy atom. The lowest BCUT2D eigenvalue weighted by atomic mass is 10.2. The number of nitrogens with two attached hydrogens (primary N) is 1. The zero-order chi connectivity index (χ0) is 11.3. The van der Waals surface area contributed by atoms with Crippen LogP contribution in [0, 0.1) is 0 Å². The average molecular weight is 208 g/mol. The highest BCUT2D eigenvalue weighted by Gasteiger charge is 2.09. The third-order valence-corrected chi connectivity index (χ3v) is 2.19. The van der Waals surface area contributed by atoms with E-state index in [0.29, 0.717) is 13.0 Å². The molecular formula is C11H16N2O2. The largest absolute Gasteiger partial charge is 0.497 e. The Balaban J connectivity index is 2.73. The number of benzene rings is 1. The fourth-order valence-corrected chi connectivity index (χ4v) is 1.24. The Bertz CT molecular complexity index is 322. The molecular weight excluding hydrogens is 192 g/mol. The molecule has 82 valence electrons. The monoisotopic (exact) mass is 208 g/mol. The quantitative estimate of drug-likeness (QED) is 0.803. The lowest BCUT2D eigenvalue weighted by molar-refractivity contribution is -0.118. The summed E-state index contributed by atoms with van der Waals surface area (Å²) in [6.07, 6.45) is 0.364. The van der Waals surface area contributed by atoms with E-state index in [1.54, 1.807) is 19.1 Å². The second kappa shape index (κ2) is 5.36. The molecule has 0 spiro atoms. The van der Waals surface area contributed by atoms with Crippen LogP contribution in [0.2, 0.25) is 0 Å². The highest BCUT2D eigenvalue weighted by atomic mass is 16.5. The van der Waals surface area contributed by atoms with Crippen LogP contribution in [-0.2, 0) is 4.79 Å². The minimum Gasteiger partial charge on any atom is -0.497 e. The van der Waals surface area contributed by atoms with Crippen LogP contribution in [-0.4, -0.2) is 26.6 Å². The molecule has 2 N–H and O–H groups in total. The number of carbonyl (C=O) groups excluding carboxylic acids is 1. The van der Waals surface area contributed by atoms with Crippen molar-refractivity contribution >= 4 is 11.6 Å². The highest BCUT2D eigenvalue weighted by molar-refractivity contribution is 5.92. The van der Waals surface area contributed by atoms with Crippen LogP contribution in [0.4, 0.5) is 5.69 Å². The summed E-state index contributed by atoms with van der Waals surface area (Å²) in [7, 11) is 3.35. The van der Waals surface area contributed by atoms with Crippen molar-refractivity contribution in [2.24, 2.45) is 5.73 Å². The zero-order valence-electron chi connectivity index (χ0n) is 9.06. The van der Waals surface area contributed by atoms with Crippen LogP contribution in [0.1, 0.15) is 6.42 Å². The van der Waals surface area contributed by atoms with Crippen molar-refractivity contribution in [3.8, 4) is 5.75 Å². The fourth-order valence-electron chi connectivity index (χ4n) is 1.24. The number of rotatable bonds is 4. The highest BCUT2D eigenvalue weighted by Crippen LogP contribution is 2.18. The number of amides is 1. The number of carbonyl (C=O) groups is 1. The van der Waals surface area contributed by atoms with Crippen molar-refractivity contribution in [1.29, 1.82) is 0 Å². The van der Waals surface area contributed by atoms with Gasteiger partial charge in [0.25, 0.3) is 0 Å². The molecule has 0 aliphatic heterocycles. The van der Waals surface area contributed by atoms with E-state index in [0.717, 1.165) is 11.4 Å². The lowest BCUT2D eigenvalue weighted by Gasteiger charge is -2.17. The fraction of sp³-hybridized carbons (Fsp3) is 0.364. The van der Waals surface area contributed by atoms with Crippen molar-refractivity contribution in [2.75, 3.05) is 25.6 Å². The van der Waals surface area contributed by atoms with Gasteiger partial charge in [-0.3, -0.25) is 4.79 Å². The summed E-state index contributed by atoms with van der Waals surface area (Å²) in [5, 5.41) is 0. The topological polar surface area (TPSA) is 55.6 Å². The molecule has 0 saturated carbocycles. The summed E-state index contributed by atoms with van der Waals surface area (Å²) in [4.78, 5) is 13.1. The van der Waals surface area contributed by atoms with Crippen molar-refractivity contribution < 1.29 is 9.53 Å². The van der Waals surface area contributed by atoms with Gasteiger partial charge in [-0.25, -0.2) is 0 Å². The Morgan fingerprint density at radius 1 is 1.40 bits per heavy atom. The molecule has 0 bridgehead atoms. The average Bonchev–Trinajstić information content (AvgIpc) is 2.28. The minimum absolute atomic E-state index is 0.0164. The maximum atomic E-state index is 11.5. The van der Waals surface area contributed by atoms with Gasteiger partial charge in [0.05, 0.1) is 7.11 Å². The predicted molar refractivity (Wildman–Crippen MR) is 60.1 cm³/mol. The van der Waals surface area contributed by atoms with E-state index in [4.69, 9.17) is 10.5 Å². The van der Waals surface area contributed by atoms with Gasteiger partial charge in [0.1, 0.15) is 5.75 Å². The molecule has 0 aliphatic rings. The van der Waals surface area contributed by atoms with E-state index in [2.05, 4.69) is 0 Å². The predicted octanol–water partition coefficient (Wildman–Crippen LogP) is 1.01. The molecule has 0 fully saturated rings. The van der Waals surface area contributed by atoms with E-state index < -0.39 is 0 Å². The molecule has 0 saturated heterocycles. The first kappa shape index (κ1) is 11.5. The second-order valence-electron chi connectivity index (χ2n) is 3.19. The van der Waals surface area contributed by atoms with E-state index in [1.807, 2.05) is 24.3 Å². The van der Waals surface area contributed by atoms with Crippen molar-refractivity contribution in [3.05, 3.63) is 24.3 Å². The third kappa shape index (κ3) is 2.95. The number of anilines is 1. The van der Waals surface area contributed by atoms with Gasteiger partial charge in [0.2, 0.25) is 5.91 Å². The SMILES string of the molecule is COc1ccc(N(C)C(=O)CCN)cc1. The molecule has 0 atom stereocenters. The van der Waals surface area contributed by atoms with Gasteiger partial charge in [0, 0.05) is 25.7 Å². The Kier molecular flexibility index (Phi) is 4.12. The van der Waals surface area contributed by atoms with Crippen LogP contribution in [0.3, 0.4) is 0 Å². The van der Waals surface area contributed by atoms with E-state index >= 15 is 0 Å². The van der Waals surface area contributed by atoms with E-state index in [1.165, 1.54) is 0 Å². The first-order chi connectivity index (χ1) is 7.19. The van der Waals surface area contributed by atoms with Crippen LogP contribution in [0.15, 0.2) is 24.3 Å². The van der Waals surface area contributed by atoms with Crippen LogP contribution in [0.5, 0.6) is 5.75 Å². The molecule has 1 aromatic rings. The standard InChI is InChI=1S/C11H16N2O2/c1-13(11(14)7-8-12)9-3-5-10(15-2)6-4-9/h3-6H,7-8,12H2,1-2H3. The molecule has 0 radical (unpaired) electrons. The summed E-state index contributed by atoms with van der Waals surface area (Å²) in [5.74, 6) is 0.793. The Hall–Kier alpha value is -1.55. The van der Waals surface area contributed by atoms with Gasteiger partial charge >= 0.3 is 0 Å². The maximum Gasteiger partial charge on any atom is 0.227 e. The smallest absolute Gasteiger partial charge is 0.227 e. The molecule has 4 nitrogen and oxygen atoms in total. The van der Waals surface area contributed by atoms with Gasteiger partial charge in [0.15, 0.2) is 0 Å². The molecule has 0 unspecified atom stereocenters. The third-order valence-electron chi connectivity index (χ3n) is 2.19. The number of ether oxygens (including phenoxy) is 1. The number of hydrogen-bond donors (Lipinski definition) is 1. The molecule has 4 heteroatoms. The van der Waals surface area contributed by atoms with Crippen molar-refractivity contribution in [2.45, 2.75) is 6.42 Å². The van der Waals surface area contributed by atoms with Crippen molar-refractivity contribution in [3.63, 3.8) is 0 Å². The number of nitrogens with zero attached hydrogens (tertiary/aromatic N) is 1. The Morgan fingerprint density at radius 2 is 2.00 bits per heavy atom. The first-order valence-corrected chi connectivity index (χ1v) is 4.79. The molecule has 1 rings (SSSR count). The summed E-state index contributed by atoms with van der Waals surface area (Å²) in [6.45, 7) is 0.374. The molecule has 0 aromatic heterocycles. The van der Waals surface area contributed by atoms with Crippen LogP contribution in [0.25, 0.3) is 0 Å². The molecule has 0 aliphatic carbocycles. The second-order valence-corrected chi connectivity index (χ2v) is 3.19. The van der Waals surface area contributed by atoms with Gasteiger partial charge in [-0.05, 0) is 24.3 Å². The maximum absolute atomic E-state index is 11.5. The number of methoxy groups -OCH3 is 1. The summed E-state index contributed by atoms with van der Waals surface area (Å²) < 4.78 is 5.03. The van der Waals surface area contributed by atoms with E-state index in [9.17, 15) is 4.79 Å². The van der Waals surface area contributed by atoms with Crippen LogP contribution < -0.4 is 15.4 Å². The minimum atomic E-state index is 0.0164. The summed E-state index contributed by atoms with van der Waals surface area (Å²) in [5.41, 5.74) is 6.17. The van der Waals surface area contributed by atoms with Crippen LogP contribution >= 0.6 is 0 Å². The molecule has 15 heavy (non-hydrogen) atoms. The van der Waals surface area contributed by atoms with Gasteiger partial charge in [-0.15, -0.1) is 0 Å². The lowest BCUT2D eigenvalue weighted by Crippen LogP contribution is -2.27. The Labute approximate surface area is 89.6 Å². The summed E-state index contributed by atoms with van der Waals surface area (Å²) >= 11 is 0. The number of hydrogen-bond acceptors (Lipinski definition) is 3.